The maximum absolute atomic E-state index is 5.58. The van der Waals surface area contributed by atoms with Crippen molar-refractivity contribution in [1.82, 2.24) is 4.90 Å². The van der Waals surface area contributed by atoms with Gasteiger partial charge < -0.3 is 14.4 Å². The lowest BCUT2D eigenvalue weighted by Gasteiger charge is -2.31. The van der Waals surface area contributed by atoms with Crippen LogP contribution in [0.15, 0.2) is 0 Å². The average Bonchev–Trinajstić information content (AvgIpc) is 2.17. The van der Waals surface area contributed by atoms with Crippen LogP contribution in [0.2, 0.25) is 0 Å². The number of hydrogen-bond acceptors (Lipinski definition) is 3. The monoisotopic (exact) mass is 187 g/mol. The summed E-state index contributed by atoms with van der Waals surface area (Å²) in [6.07, 6.45) is 2.86. The standard InChI is InChI=1S/C10H21NO2/c1-3-13-10-4-6-11(7-5-10)8-9-12-2/h10H,3-9H2,1-2H3. The molecule has 1 saturated heterocycles. The molecule has 0 aromatic heterocycles. The van der Waals surface area contributed by atoms with Crippen LogP contribution in [-0.4, -0.2) is 51.0 Å². The van der Waals surface area contributed by atoms with Crippen molar-refractivity contribution in [2.75, 3.05) is 40.0 Å². The molecule has 1 rings (SSSR count). The fourth-order valence-corrected chi connectivity index (χ4v) is 1.76. The van der Waals surface area contributed by atoms with Crippen molar-refractivity contribution < 1.29 is 9.47 Å². The van der Waals surface area contributed by atoms with Crippen molar-refractivity contribution in [1.29, 1.82) is 0 Å². The van der Waals surface area contributed by atoms with Crippen LogP contribution < -0.4 is 0 Å². The molecule has 0 bridgehead atoms. The molecule has 0 amide bonds. The molecular weight excluding hydrogens is 166 g/mol. The van der Waals surface area contributed by atoms with E-state index in [0.29, 0.717) is 6.10 Å². The van der Waals surface area contributed by atoms with Gasteiger partial charge in [0.1, 0.15) is 0 Å². The second kappa shape index (κ2) is 6.35. The van der Waals surface area contributed by atoms with Crippen LogP contribution in [-0.2, 0) is 9.47 Å². The quantitative estimate of drug-likeness (QED) is 0.644. The van der Waals surface area contributed by atoms with Gasteiger partial charge in [0.2, 0.25) is 0 Å². The molecule has 0 aromatic rings. The van der Waals surface area contributed by atoms with Gasteiger partial charge in [0, 0.05) is 33.4 Å². The third-order valence-corrected chi connectivity index (χ3v) is 2.55. The molecule has 0 N–H and O–H groups in total. The van der Waals surface area contributed by atoms with E-state index in [4.69, 9.17) is 9.47 Å². The highest BCUT2D eigenvalue weighted by molar-refractivity contribution is 4.71. The Kier molecular flexibility index (Phi) is 5.35. The molecule has 13 heavy (non-hydrogen) atoms. The Labute approximate surface area is 81.0 Å². The molecule has 1 aliphatic heterocycles. The normalized spacial score (nSPS) is 20.8. The Morgan fingerprint density at radius 3 is 2.54 bits per heavy atom. The number of rotatable bonds is 5. The van der Waals surface area contributed by atoms with Gasteiger partial charge in [-0.05, 0) is 19.8 Å². The number of hydrogen-bond donors (Lipinski definition) is 0. The predicted molar refractivity (Wildman–Crippen MR) is 53.0 cm³/mol. The summed E-state index contributed by atoms with van der Waals surface area (Å²) in [5.41, 5.74) is 0. The van der Waals surface area contributed by atoms with Crippen LogP contribution in [0.25, 0.3) is 0 Å². The van der Waals surface area contributed by atoms with E-state index in [0.717, 1.165) is 32.8 Å². The largest absolute Gasteiger partial charge is 0.383 e. The van der Waals surface area contributed by atoms with Crippen molar-refractivity contribution in [2.24, 2.45) is 0 Å². The van der Waals surface area contributed by atoms with Crippen LogP contribution in [0.1, 0.15) is 19.8 Å². The smallest absolute Gasteiger partial charge is 0.0599 e. The summed E-state index contributed by atoms with van der Waals surface area (Å²) in [7, 11) is 1.76. The first-order valence-electron chi connectivity index (χ1n) is 5.19. The minimum Gasteiger partial charge on any atom is -0.383 e. The first-order valence-corrected chi connectivity index (χ1v) is 5.19. The van der Waals surface area contributed by atoms with E-state index in [-0.39, 0.29) is 0 Å². The lowest BCUT2D eigenvalue weighted by molar-refractivity contribution is 0.00938. The zero-order valence-corrected chi connectivity index (χ0v) is 8.79. The number of nitrogens with zero attached hydrogens (tertiary/aromatic N) is 1. The summed E-state index contributed by atoms with van der Waals surface area (Å²) < 4.78 is 10.6. The van der Waals surface area contributed by atoms with Gasteiger partial charge in [-0.2, -0.15) is 0 Å². The summed E-state index contributed by atoms with van der Waals surface area (Å²) in [5, 5.41) is 0. The van der Waals surface area contributed by atoms with Gasteiger partial charge in [0.05, 0.1) is 12.7 Å². The molecule has 1 fully saturated rings. The van der Waals surface area contributed by atoms with Crippen molar-refractivity contribution >= 4 is 0 Å². The van der Waals surface area contributed by atoms with Crippen LogP contribution >= 0.6 is 0 Å². The first-order chi connectivity index (χ1) is 6.36. The molecule has 0 aromatic carbocycles. The Balaban J connectivity index is 2.08. The number of likely N-dealkylation sites (tertiary alicyclic amines) is 1. The lowest BCUT2D eigenvalue weighted by Crippen LogP contribution is -2.38. The molecule has 1 heterocycles. The Hall–Kier alpha value is -0.120. The van der Waals surface area contributed by atoms with E-state index in [1.165, 1.54) is 12.8 Å². The topological polar surface area (TPSA) is 21.7 Å². The van der Waals surface area contributed by atoms with Gasteiger partial charge in [-0.15, -0.1) is 0 Å². The highest BCUT2D eigenvalue weighted by atomic mass is 16.5. The molecular formula is C10H21NO2. The lowest BCUT2D eigenvalue weighted by atomic mass is 10.1. The molecule has 3 heteroatoms. The maximum Gasteiger partial charge on any atom is 0.0599 e. The van der Waals surface area contributed by atoms with E-state index in [9.17, 15) is 0 Å². The van der Waals surface area contributed by atoms with Gasteiger partial charge in [-0.1, -0.05) is 0 Å². The highest BCUT2D eigenvalue weighted by Gasteiger charge is 2.18. The van der Waals surface area contributed by atoms with Gasteiger partial charge >= 0.3 is 0 Å². The molecule has 0 unspecified atom stereocenters. The fraction of sp³-hybridized carbons (Fsp3) is 1.00. The Morgan fingerprint density at radius 2 is 2.00 bits per heavy atom. The van der Waals surface area contributed by atoms with Crippen molar-refractivity contribution in [2.45, 2.75) is 25.9 Å². The Morgan fingerprint density at radius 1 is 1.31 bits per heavy atom. The van der Waals surface area contributed by atoms with E-state index >= 15 is 0 Å². The molecule has 0 spiro atoms. The summed E-state index contributed by atoms with van der Waals surface area (Å²) in [6, 6.07) is 0. The molecule has 78 valence electrons. The summed E-state index contributed by atoms with van der Waals surface area (Å²) in [5.74, 6) is 0. The molecule has 3 nitrogen and oxygen atoms in total. The maximum atomic E-state index is 5.58. The zero-order valence-electron chi connectivity index (χ0n) is 8.79. The minimum absolute atomic E-state index is 0.504. The van der Waals surface area contributed by atoms with Crippen LogP contribution in [0.3, 0.4) is 0 Å². The number of ether oxygens (including phenoxy) is 2. The summed E-state index contributed by atoms with van der Waals surface area (Å²) >= 11 is 0. The zero-order chi connectivity index (χ0) is 9.52. The van der Waals surface area contributed by atoms with Crippen LogP contribution in [0, 0.1) is 0 Å². The van der Waals surface area contributed by atoms with Gasteiger partial charge in [0.25, 0.3) is 0 Å². The average molecular weight is 187 g/mol. The van der Waals surface area contributed by atoms with Gasteiger partial charge in [-0.3, -0.25) is 0 Å². The number of methoxy groups -OCH3 is 1. The summed E-state index contributed by atoms with van der Waals surface area (Å²) in [4.78, 5) is 2.44. The summed E-state index contributed by atoms with van der Waals surface area (Å²) in [6.45, 7) is 7.15. The van der Waals surface area contributed by atoms with Crippen LogP contribution in [0.4, 0.5) is 0 Å². The molecule has 0 atom stereocenters. The SMILES string of the molecule is CCOC1CCN(CCOC)CC1. The van der Waals surface area contributed by atoms with Crippen molar-refractivity contribution in [3.63, 3.8) is 0 Å². The molecule has 1 aliphatic rings. The van der Waals surface area contributed by atoms with E-state index in [1.54, 1.807) is 7.11 Å². The Bertz CT molecular complexity index is 122. The van der Waals surface area contributed by atoms with Crippen molar-refractivity contribution in [3.05, 3.63) is 0 Å². The molecule has 0 aliphatic carbocycles. The van der Waals surface area contributed by atoms with Crippen molar-refractivity contribution in [3.8, 4) is 0 Å². The highest BCUT2D eigenvalue weighted by Crippen LogP contribution is 2.12. The van der Waals surface area contributed by atoms with Crippen LogP contribution in [0.5, 0.6) is 0 Å². The fourth-order valence-electron chi connectivity index (χ4n) is 1.76. The molecule has 0 saturated carbocycles. The second-order valence-electron chi connectivity index (χ2n) is 3.49. The third kappa shape index (κ3) is 4.07. The number of piperidine rings is 1. The van der Waals surface area contributed by atoms with Gasteiger partial charge in [-0.25, -0.2) is 0 Å². The minimum atomic E-state index is 0.504. The predicted octanol–water partition coefficient (Wildman–Crippen LogP) is 1.13. The van der Waals surface area contributed by atoms with E-state index < -0.39 is 0 Å². The van der Waals surface area contributed by atoms with E-state index in [2.05, 4.69) is 11.8 Å². The van der Waals surface area contributed by atoms with Gasteiger partial charge in [0.15, 0.2) is 0 Å². The second-order valence-corrected chi connectivity index (χ2v) is 3.49. The van der Waals surface area contributed by atoms with E-state index in [1.807, 2.05) is 0 Å². The molecule has 0 radical (unpaired) electrons. The first kappa shape index (κ1) is 11.0. The third-order valence-electron chi connectivity index (χ3n) is 2.55.